The van der Waals surface area contributed by atoms with Crippen molar-refractivity contribution >= 4 is 22.7 Å². The number of thioether (sulfide) groups is 1. The zero-order valence-corrected chi connectivity index (χ0v) is 17.3. The van der Waals surface area contributed by atoms with E-state index in [1.807, 2.05) is 55.5 Å². The van der Waals surface area contributed by atoms with Crippen LogP contribution in [0.2, 0.25) is 0 Å². The Hall–Kier alpha value is -3.45. The molecule has 0 saturated carbocycles. The quantitative estimate of drug-likeness (QED) is 0.334. The molecule has 2 aromatic carbocycles. The van der Waals surface area contributed by atoms with Crippen molar-refractivity contribution in [2.75, 3.05) is 0 Å². The minimum Gasteiger partial charge on any atom is -0.420 e. The van der Waals surface area contributed by atoms with Gasteiger partial charge in [0, 0.05) is 10.9 Å². The number of rotatable bonds is 5. The summed E-state index contributed by atoms with van der Waals surface area (Å²) in [5, 5.41) is 14.7. The predicted octanol–water partition coefficient (Wildman–Crippen LogP) is 5.85. The van der Waals surface area contributed by atoms with Crippen molar-refractivity contribution in [3.05, 3.63) is 77.9 Å². The standard InChI is InChI=1S/C23H18N4O2S/c1-14-12-20(24-18-11-7-6-10-17(14)18)30-13-19-25-26-23(28-19)21-15(2)29-27-22(21)16-8-4-3-5-9-16/h3-12H,13H2,1-2H3. The van der Waals surface area contributed by atoms with Gasteiger partial charge in [0.15, 0.2) is 0 Å². The first-order valence-corrected chi connectivity index (χ1v) is 10.5. The number of aryl methyl sites for hydroxylation is 2. The maximum absolute atomic E-state index is 5.94. The van der Waals surface area contributed by atoms with Gasteiger partial charge in [-0.25, -0.2) is 4.98 Å². The van der Waals surface area contributed by atoms with Crippen molar-refractivity contribution in [3.8, 4) is 22.7 Å². The van der Waals surface area contributed by atoms with E-state index < -0.39 is 0 Å². The normalized spacial score (nSPS) is 11.3. The molecular weight excluding hydrogens is 396 g/mol. The lowest BCUT2D eigenvalue weighted by molar-refractivity contribution is 0.399. The van der Waals surface area contributed by atoms with Crippen molar-refractivity contribution < 1.29 is 8.94 Å². The van der Waals surface area contributed by atoms with Gasteiger partial charge in [-0.2, -0.15) is 0 Å². The van der Waals surface area contributed by atoms with Crippen molar-refractivity contribution in [1.82, 2.24) is 20.3 Å². The van der Waals surface area contributed by atoms with E-state index in [2.05, 4.69) is 34.4 Å². The molecule has 0 fully saturated rings. The highest BCUT2D eigenvalue weighted by Gasteiger charge is 2.22. The van der Waals surface area contributed by atoms with Crippen LogP contribution in [-0.4, -0.2) is 20.3 Å². The Morgan fingerprint density at radius 1 is 0.933 bits per heavy atom. The van der Waals surface area contributed by atoms with E-state index in [1.54, 1.807) is 11.8 Å². The zero-order chi connectivity index (χ0) is 20.5. The third-order valence-corrected chi connectivity index (χ3v) is 5.73. The van der Waals surface area contributed by atoms with Gasteiger partial charge in [-0.05, 0) is 31.5 Å². The van der Waals surface area contributed by atoms with E-state index in [0.29, 0.717) is 29.0 Å². The van der Waals surface area contributed by atoms with Crippen LogP contribution in [0.5, 0.6) is 0 Å². The maximum atomic E-state index is 5.94. The number of benzene rings is 2. The smallest absolute Gasteiger partial charge is 0.253 e. The molecule has 0 aliphatic carbocycles. The van der Waals surface area contributed by atoms with Gasteiger partial charge in [0.25, 0.3) is 5.89 Å². The van der Waals surface area contributed by atoms with E-state index in [9.17, 15) is 0 Å². The molecule has 0 atom stereocenters. The zero-order valence-electron chi connectivity index (χ0n) is 16.5. The summed E-state index contributed by atoms with van der Waals surface area (Å²) in [5.74, 6) is 2.11. The second-order valence-corrected chi connectivity index (χ2v) is 7.91. The highest BCUT2D eigenvalue weighted by Crippen LogP contribution is 2.34. The molecule has 0 saturated heterocycles. The monoisotopic (exact) mass is 414 g/mol. The summed E-state index contributed by atoms with van der Waals surface area (Å²) in [5.41, 5.74) is 4.54. The second-order valence-electron chi connectivity index (χ2n) is 6.91. The van der Waals surface area contributed by atoms with Crippen LogP contribution in [0.1, 0.15) is 17.2 Å². The molecule has 0 aliphatic rings. The molecule has 0 spiro atoms. The summed E-state index contributed by atoms with van der Waals surface area (Å²) >= 11 is 1.57. The fraction of sp³-hybridized carbons (Fsp3) is 0.130. The molecule has 5 rings (SSSR count). The van der Waals surface area contributed by atoms with Crippen LogP contribution >= 0.6 is 11.8 Å². The minimum atomic E-state index is 0.408. The molecular formula is C23H18N4O2S. The first-order valence-electron chi connectivity index (χ1n) is 9.52. The molecule has 0 unspecified atom stereocenters. The Morgan fingerprint density at radius 2 is 1.73 bits per heavy atom. The number of fused-ring (bicyclic) bond motifs is 1. The van der Waals surface area contributed by atoms with Crippen molar-refractivity contribution in [2.24, 2.45) is 0 Å². The average Bonchev–Trinajstić information content (AvgIpc) is 3.39. The Morgan fingerprint density at radius 3 is 2.60 bits per heavy atom. The Labute approximate surface area is 177 Å². The molecule has 5 aromatic rings. The summed E-state index contributed by atoms with van der Waals surface area (Å²) in [6.07, 6.45) is 0. The highest BCUT2D eigenvalue weighted by atomic mass is 32.2. The summed E-state index contributed by atoms with van der Waals surface area (Å²) in [6, 6.07) is 20.0. The lowest BCUT2D eigenvalue weighted by Crippen LogP contribution is -1.88. The van der Waals surface area contributed by atoms with Gasteiger partial charge in [-0.1, -0.05) is 65.4 Å². The summed E-state index contributed by atoms with van der Waals surface area (Å²) in [4.78, 5) is 4.72. The van der Waals surface area contributed by atoms with Crippen LogP contribution in [0.25, 0.3) is 33.6 Å². The first-order chi connectivity index (χ1) is 14.7. The van der Waals surface area contributed by atoms with E-state index in [1.165, 1.54) is 10.9 Å². The van der Waals surface area contributed by atoms with Crippen LogP contribution in [0.15, 0.2) is 74.6 Å². The highest BCUT2D eigenvalue weighted by molar-refractivity contribution is 7.98. The predicted molar refractivity (Wildman–Crippen MR) is 116 cm³/mol. The number of hydrogen-bond donors (Lipinski definition) is 0. The number of aromatic nitrogens is 4. The van der Waals surface area contributed by atoms with Crippen LogP contribution in [0, 0.1) is 13.8 Å². The molecule has 0 bridgehead atoms. The van der Waals surface area contributed by atoms with Gasteiger partial charge in [0.1, 0.15) is 17.0 Å². The molecule has 0 amide bonds. The van der Waals surface area contributed by atoms with E-state index in [0.717, 1.165) is 21.7 Å². The fourth-order valence-corrected chi connectivity index (χ4v) is 4.17. The number of hydrogen-bond acceptors (Lipinski definition) is 7. The van der Waals surface area contributed by atoms with Crippen molar-refractivity contribution in [3.63, 3.8) is 0 Å². The van der Waals surface area contributed by atoms with Gasteiger partial charge in [-0.3, -0.25) is 0 Å². The van der Waals surface area contributed by atoms with Crippen LogP contribution in [-0.2, 0) is 5.75 Å². The Kier molecular flexibility index (Phi) is 4.80. The van der Waals surface area contributed by atoms with Crippen LogP contribution in [0.3, 0.4) is 0 Å². The topological polar surface area (TPSA) is 77.8 Å². The first kappa shape index (κ1) is 18.6. The third kappa shape index (κ3) is 3.48. The van der Waals surface area contributed by atoms with Crippen LogP contribution in [0.4, 0.5) is 0 Å². The van der Waals surface area contributed by atoms with Crippen molar-refractivity contribution in [2.45, 2.75) is 24.6 Å². The van der Waals surface area contributed by atoms with Gasteiger partial charge in [-0.15, -0.1) is 10.2 Å². The van der Waals surface area contributed by atoms with E-state index >= 15 is 0 Å². The van der Waals surface area contributed by atoms with Gasteiger partial charge < -0.3 is 8.94 Å². The Balaban J connectivity index is 1.39. The second kappa shape index (κ2) is 7.76. The molecule has 148 valence electrons. The van der Waals surface area contributed by atoms with E-state index in [4.69, 9.17) is 13.9 Å². The average molecular weight is 414 g/mol. The molecule has 6 nitrogen and oxygen atoms in total. The third-order valence-electron chi connectivity index (χ3n) is 4.83. The SMILES string of the molecule is Cc1onc(-c2ccccc2)c1-c1nnc(CSc2cc(C)c3ccccc3n2)o1. The molecule has 0 aliphatic heterocycles. The minimum absolute atomic E-state index is 0.408. The van der Waals surface area contributed by atoms with Gasteiger partial charge in [0.05, 0.1) is 16.3 Å². The van der Waals surface area contributed by atoms with Crippen molar-refractivity contribution in [1.29, 1.82) is 0 Å². The number of nitrogens with zero attached hydrogens (tertiary/aromatic N) is 4. The van der Waals surface area contributed by atoms with Crippen LogP contribution < -0.4 is 0 Å². The molecule has 0 radical (unpaired) electrons. The number of para-hydroxylation sites is 1. The largest absolute Gasteiger partial charge is 0.420 e. The Bertz CT molecular complexity index is 1330. The number of pyridine rings is 1. The van der Waals surface area contributed by atoms with Gasteiger partial charge in [0.2, 0.25) is 5.89 Å². The molecule has 3 heterocycles. The van der Waals surface area contributed by atoms with E-state index in [-0.39, 0.29) is 0 Å². The maximum Gasteiger partial charge on any atom is 0.253 e. The summed E-state index contributed by atoms with van der Waals surface area (Å²) in [6.45, 7) is 3.94. The fourth-order valence-electron chi connectivity index (χ4n) is 3.36. The van der Waals surface area contributed by atoms with Gasteiger partial charge >= 0.3 is 0 Å². The lowest BCUT2D eigenvalue weighted by Gasteiger charge is -2.05. The molecule has 0 N–H and O–H groups in total. The molecule has 7 heteroatoms. The summed E-state index contributed by atoms with van der Waals surface area (Å²) < 4.78 is 11.3. The summed E-state index contributed by atoms with van der Waals surface area (Å²) in [7, 11) is 0. The lowest BCUT2D eigenvalue weighted by atomic mass is 10.1. The molecule has 3 aromatic heterocycles. The molecule has 30 heavy (non-hydrogen) atoms.